The van der Waals surface area contributed by atoms with Crippen molar-refractivity contribution in [1.29, 1.82) is 0 Å². The first-order valence-corrected chi connectivity index (χ1v) is 8.24. The molecular formula is C18H20N4O3. The zero-order valence-corrected chi connectivity index (χ0v) is 13.8. The van der Waals surface area contributed by atoms with E-state index in [4.69, 9.17) is 5.11 Å². The number of carboxylic acid groups (broad SMARTS) is 1. The van der Waals surface area contributed by atoms with Crippen LogP contribution in [0.15, 0.2) is 48.9 Å². The third-order valence-corrected chi connectivity index (χ3v) is 4.35. The van der Waals surface area contributed by atoms with E-state index >= 15 is 0 Å². The van der Waals surface area contributed by atoms with Gasteiger partial charge in [0.1, 0.15) is 12.4 Å². The third kappa shape index (κ3) is 4.12. The van der Waals surface area contributed by atoms with Crippen LogP contribution < -0.4 is 9.80 Å². The Morgan fingerprint density at radius 3 is 2.48 bits per heavy atom. The number of aliphatic carboxylic acids is 1. The van der Waals surface area contributed by atoms with Crippen molar-refractivity contribution in [2.45, 2.75) is 12.8 Å². The van der Waals surface area contributed by atoms with Gasteiger partial charge in [-0.15, -0.1) is 0 Å². The summed E-state index contributed by atoms with van der Waals surface area (Å²) in [4.78, 5) is 35.9. The molecule has 0 aliphatic carbocycles. The molecule has 7 heteroatoms. The Bertz CT molecular complexity index is 716. The van der Waals surface area contributed by atoms with E-state index in [2.05, 4.69) is 14.9 Å². The molecule has 0 radical (unpaired) electrons. The zero-order chi connectivity index (χ0) is 17.6. The highest BCUT2D eigenvalue weighted by atomic mass is 16.4. The summed E-state index contributed by atoms with van der Waals surface area (Å²) in [5.74, 6) is -0.534. The highest BCUT2D eigenvalue weighted by Crippen LogP contribution is 2.25. The van der Waals surface area contributed by atoms with E-state index in [-0.39, 0.29) is 18.4 Å². The minimum Gasteiger partial charge on any atom is -0.480 e. The number of nitrogens with zero attached hydrogens (tertiary/aromatic N) is 4. The van der Waals surface area contributed by atoms with Crippen LogP contribution in [0, 0.1) is 5.92 Å². The van der Waals surface area contributed by atoms with Gasteiger partial charge < -0.3 is 14.9 Å². The lowest BCUT2D eigenvalue weighted by Gasteiger charge is -2.34. The quantitative estimate of drug-likeness (QED) is 0.893. The van der Waals surface area contributed by atoms with E-state index in [9.17, 15) is 9.59 Å². The van der Waals surface area contributed by atoms with E-state index in [0.717, 1.165) is 5.82 Å². The molecule has 1 aromatic heterocycles. The van der Waals surface area contributed by atoms with E-state index < -0.39 is 5.97 Å². The predicted octanol–water partition coefficient (Wildman–Crippen LogP) is 1.81. The first-order valence-electron chi connectivity index (χ1n) is 8.24. The van der Waals surface area contributed by atoms with E-state index in [1.54, 1.807) is 42.9 Å². The second-order valence-corrected chi connectivity index (χ2v) is 5.98. The molecule has 0 atom stereocenters. The van der Waals surface area contributed by atoms with Crippen molar-refractivity contribution < 1.29 is 14.7 Å². The molecule has 1 aliphatic heterocycles. The van der Waals surface area contributed by atoms with Crippen molar-refractivity contribution in [3.05, 3.63) is 48.9 Å². The van der Waals surface area contributed by atoms with Gasteiger partial charge in [-0.3, -0.25) is 14.6 Å². The number of benzene rings is 1. The molecule has 0 saturated carbocycles. The lowest BCUT2D eigenvalue weighted by molar-refractivity contribution is -0.137. The van der Waals surface area contributed by atoms with Gasteiger partial charge >= 0.3 is 5.97 Å². The Kier molecular flexibility index (Phi) is 5.23. The van der Waals surface area contributed by atoms with Crippen molar-refractivity contribution in [1.82, 2.24) is 9.97 Å². The smallest absolute Gasteiger partial charge is 0.323 e. The number of para-hydroxylation sites is 1. The first kappa shape index (κ1) is 16.9. The maximum atomic E-state index is 12.9. The number of aromatic nitrogens is 2. The van der Waals surface area contributed by atoms with Crippen LogP contribution in [-0.2, 0) is 9.59 Å². The number of rotatable bonds is 5. The normalized spacial score (nSPS) is 15.0. The molecular weight excluding hydrogens is 320 g/mol. The Labute approximate surface area is 145 Å². The number of anilines is 2. The minimum absolute atomic E-state index is 0.132. The predicted molar refractivity (Wildman–Crippen MR) is 93.4 cm³/mol. The third-order valence-electron chi connectivity index (χ3n) is 4.35. The lowest BCUT2D eigenvalue weighted by atomic mass is 9.95. The van der Waals surface area contributed by atoms with Gasteiger partial charge in [-0.2, -0.15) is 0 Å². The zero-order valence-electron chi connectivity index (χ0n) is 13.8. The van der Waals surface area contributed by atoms with Gasteiger partial charge in [-0.05, 0) is 25.0 Å². The molecule has 1 amide bonds. The van der Waals surface area contributed by atoms with Crippen molar-refractivity contribution in [2.75, 3.05) is 29.4 Å². The van der Waals surface area contributed by atoms with Gasteiger partial charge in [0.15, 0.2) is 0 Å². The van der Waals surface area contributed by atoms with Crippen LogP contribution in [0.1, 0.15) is 12.8 Å². The monoisotopic (exact) mass is 340 g/mol. The van der Waals surface area contributed by atoms with E-state index in [0.29, 0.717) is 31.6 Å². The maximum Gasteiger partial charge on any atom is 0.323 e. The van der Waals surface area contributed by atoms with Crippen LogP contribution >= 0.6 is 0 Å². The lowest BCUT2D eigenvalue weighted by Crippen LogP contribution is -2.44. The Morgan fingerprint density at radius 1 is 1.16 bits per heavy atom. The number of carboxylic acids is 1. The second-order valence-electron chi connectivity index (χ2n) is 5.98. The molecule has 1 fully saturated rings. The molecule has 0 bridgehead atoms. The highest BCUT2D eigenvalue weighted by molar-refractivity contribution is 5.98. The fraction of sp³-hybridized carbons (Fsp3) is 0.333. The van der Waals surface area contributed by atoms with Gasteiger partial charge in [-0.1, -0.05) is 18.2 Å². The molecule has 2 heterocycles. The molecule has 1 saturated heterocycles. The Morgan fingerprint density at radius 2 is 1.88 bits per heavy atom. The standard InChI is InChI=1S/C18H20N4O3/c23-17(24)13-22(15-4-2-1-3-5-15)18(25)14-6-10-21(11-7-14)16-12-19-8-9-20-16/h1-5,8-9,12,14H,6-7,10-11,13H2,(H,23,24). The fourth-order valence-corrected chi connectivity index (χ4v) is 3.07. The number of piperidine rings is 1. The van der Waals surface area contributed by atoms with Gasteiger partial charge in [0, 0.05) is 37.1 Å². The van der Waals surface area contributed by atoms with Crippen LogP contribution in [0.5, 0.6) is 0 Å². The number of carbonyl (C=O) groups excluding carboxylic acids is 1. The fourth-order valence-electron chi connectivity index (χ4n) is 3.07. The average Bonchev–Trinajstić information content (AvgIpc) is 2.67. The summed E-state index contributed by atoms with van der Waals surface area (Å²) in [5.41, 5.74) is 0.617. The minimum atomic E-state index is -1.02. The molecule has 3 rings (SSSR count). The van der Waals surface area contributed by atoms with Gasteiger partial charge in [-0.25, -0.2) is 4.98 Å². The molecule has 1 aliphatic rings. The van der Waals surface area contributed by atoms with Crippen molar-refractivity contribution in [2.24, 2.45) is 5.92 Å². The molecule has 1 N–H and O–H groups in total. The average molecular weight is 340 g/mol. The summed E-state index contributed by atoms with van der Waals surface area (Å²) in [6.45, 7) is 1.07. The van der Waals surface area contributed by atoms with Crippen LogP contribution in [0.25, 0.3) is 0 Å². The maximum absolute atomic E-state index is 12.9. The van der Waals surface area contributed by atoms with Gasteiger partial charge in [0.25, 0.3) is 0 Å². The molecule has 0 unspecified atom stereocenters. The Balaban J connectivity index is 1.68. The summed E-state index contributed by atoms with van der Waals surface area (Å²) in [6, 6.07) is 8.96. The number of hydrogen-bond donors (Lipinski definition) is 1. The van der Waals surface area contributed by atoms with E-state index in [1.807, 2.05) is 6.07 Å². The summed E-state index contributed by atoms with van der Waals surface area (Å²) in [7, 11) is 0. The molecule has 0 spiro atoms. The van der Waals surface area contributed by atoms with E-state index in [1.165, 1.54) is 4.90 Å². The molecule has 7 nitrogen and oxygen atoms in total. The number of amides is 1. The second kappa shape index (κ2) is 7.74. The topological polar surface area (TPSA) is 86.6 Å². The summed E-state index contributed by atoms with van der Waals surface area (Å²) >= 11 is 0. The van der Waals surface area contributed by atoms with Crippen LogP contribution in [-0.4, -0.2) is 46.6 Å². The van der Waals surface area contributed by atoms with Crippen LogP contribution in [0.2, 0.25) is 0 Å². The summed E-state index contributed by atoms with van der Waals surface area (Å²) in [6.07, 6.45) is 6.32. The Hall–Kier alpha value is -2.96. The van der Waals surface area contributed by atoms with Crippen molar-refractivity contribution in [3.8, 4) is 0 Å². The highest BCUT2D eigenvalue weighted by Gasteiger charge is 2.30. The first-order chi connectivity index (χ1) is 12.1. The molecule has 25 heavy (non-hydrogen) atoms. The van der Waals surface area contributed by atoms with Crippen molar-refractivity contribution >= 4 is 23.4 Å². The number of carbonyl (C=O) groups is 2. The molecule has 2 aromatic rings. The molecule has 130 valence electrons. The van der Waals surface area contributed by atoms with Crippen LogP contribution in [0.4, 0.5) is 11.5 Å². The number of hydrogen-bond acceptors (Lipinski definition) is 5. The van der Waals surface area contributed by atoms with Gasteiger partial charge in [0.2, 0.25) is 5.91 Å². The van der Waals surface area contributed by atoms with Crippen molar-refractivity contribution in [3.63, 3.8) is 0 Å². The SMILES string of the molecule is O=C(O)CN(C(=O)C1CCN(c2cnccn2)CC1)c1ccccc1. The summed E-state index contributed by atoms with van der Waals surface area (Å²) < 4.78 is 0. The van der Waals surface area contributed by atoms with Crippen LogP contribution in [0.3, 0.4) is 0 Å². The largest absolute Gasteiger partial charge is 0.480 e. The van der Waals surface area contributed by atoms with Gasteiger partial charge in [0.05, 0.1) is 6.20 Å². The summed E-state index contributed by atoms with van der Waals surface area (Å²) in [5, 5.41) is 9.17. The molecule has 1 aromatic carbocycles.